The molecule has 2 N–H and O–H groups in total. The Morgan fingerprint density at radius 2 is 2.07 bits per heavy atom. The van der Waals surface area contributed by atoms with E-state index in [9.17, 15) is 14.7 Å². The van der Waals surface area contributed by atoms with E-state index < -0.39 is 12.0 Å². The number of anilines is 2. The van der Waals surface area contributed by atoms with E-state index in [2.05, 4.69) is 21.5 Å². The number of hydrogen-bond donors (Lipinski definition) is 2. The Balaban J connectivity index is 1.77. The summed E-state index contributed by atoms with van der Waals surface area (Å²) in [5.74, 6) is -0.316. The van der Waals surface area contributed by atoms with Crippen molar-refractivity contribution in [3.8, 4) is 0 Å². The van der Waals surface area contributed by atoms with Crippen LogP contribution in [0.15, 0.2) is 21.9 Å². The molecule has 4 rings (SSSR count). The summed E-state index contributed by atoms with van der Waals surface area (Å²) in [5.41, 5.74) is 3.76. The molecule has 2 aliphatic heterocycles. The predicted molar refractivity (Wildman–Crippen MR) is 106 cm³/mol. The van der Waals surface area contributed by atoms with Crippen LogP contribution in [0.25, 0.3) is 6.58 Å². The zero-order valence-corrected chi connectivity index (χ0v) is 16.0. The molecule has 1 aromatic carbocycles. The molecule has 2 aromatic rings. The van der Waals surface area contributed by atoms with Gasteiger partial charge in [-0.2, -0.15) is 0 Å². The Morgan fingerprint density at radius 1 is 1.32 bits per heavy atom. The molecule has 146 valence electrons. The van der Waals surface area contributed by atoms with Crippen LogP contribution in [0.5, 0.6) is 0 Å². The number of aromatic nitrogens is 2. The van der Waals surface area contributed by atoms with Crippen molar-refractivity contribution in [1.29, 1.82) is 0 Å². The van der Waals surface area contributed by atoms with Gasteiger partial charge in [-0.1, -0.05) is 6.58 Å². The monoisotopic (exact) mass is 381 g/mol. The van der Waals surface area contributed by atoms with Gasteiger partial charge in [0.25, 0.3) is 5.56 Å². The highest BCUT2D eigenvalue weighted by atomic mass is 16.4. The van der Waals surface area contributed by atoms with Crippen LogP contribution >= 0.6 is 0 Å². The van der Waals surface area contributed by atoms with Crippen LogP contribution in [0.4, 0.5) is 17.2 Å². The normalized spacial score (nSPS) is 18.5. The minimum absolute atomic E-state index is 0.263. The molecule has 1 atom stereocenters. The summed E-state index contributed by atoms with van der Waals surface area (Å²) in [4.78, 5) is 39.5. The maximum Gasteiger partial charge on any atom is 0.320 e. The van der Waals surface area contributed by atoms with Gasteiger partial charge < -0.3 is 15.0 Å². The van der Waals surface area contributed by atoms with Crippen molar-refractivity contribution in [3.63, 3.8) is 0 Å². The lowest BCUT2D eigenvalue weighted by Gasteiger charge is -2.31. The fraction of sp³-hybridized carbons (Fsp3) is 0.400. The third-order valence-corrected chi connectivity index (χ3v) is 5.55. The molecule has 1 fully saturated rings. The summed E-state index contributed by atoms with van der Waals surface area (Å²) in [7, 11) is 0. The lowest BCUT2D eigenvalue weighted by atomic mass is 10.1. The number of carboxylic acid groups (broad SMARTS) is 1. The number of fused-ring (bicyclic) bond motifs is 2. The average Bonchev–Trinajstić information content (AvgIpc) is 3.10. The van der Waals surface area contributed by atoms with Gasteiger partial charge >= 0.3 is 5.97 Å². The average molecular weight is 381 g/mol. The Labute approximate surface area is 161 Å². The van der Waals surface area contributed by atoms with Crippen molar-refractivity contribution in [1.82, 2.24) is 14.9 Å². The van der Waals surface area contributed by atoms with Crippen LogP contribution in [0, 0.1) is 13.8 Å². The molecule has 28 heavy (non-hydrogen) atoms. The molecule has 2 aliphatic rings. The van der Waals surface area contributed by atoms with E-state index >= 15 is 0 Å². The van der Waals surface area contributed by atoms with Gasteiger partial charge in [0.2, 0.25) is 0 Å². The van der Waals surface area contributed by atoms with Gasteiger partial charge in [-0.25, -0.2) is 9.98 Å². The van der Waals surface area contributed by atoms with E-state index in [1.165, 1.54) is 0 Å². The molecule has 8 heteroatoms. The van der Waals surface area contributed by atoms with Crippen molar-refractivity contribution < 1.29 is 9.90 Å². The number of aliphatic carboxylic acids is 1. The van der Waals surface area contributed by atoms with Gasteiger partial charge in [0, 0.05) is 13.1 Å². The van der Waals surface area contributed by atoms with E-state index in [1.807, 2.05) is 35.8 Å². The quantitative estimate of drug-likeness (QED) is 0.810. The predicted octanol–water partition coefficient (Wildman–Crippen LogP) is 0.749. The second kappa shape index (κ2) is 6.87. The van der Waals surface area contributed by atoms with Crippen LogP contribution in [0.3, 0.4) is 0 Å². The summed E-state index contributed by atoms with van der Waals surface area (Å²) in [6, 6.07) is 3.55. The van der Waals surface area contributed by atoms with Crippen LogP contribution < -0.4 is 21.3 Å². The maximum absolute atomic E-state index is 12.4. The number of benzene rings is 1. The first-order valence-corrected chi connectivity index (χ1v) is 9.39. The van der Waals surface area contributed by atoms with Crippen molar-refractivity contribution in [2.75, 3.05) is 24.5 Å². The first kappa shape index (κ1) is 18.4. The zero-order chi connectivity index (χ0) is 20.0. The first-order chi connectivity index (χ1) is 13.3. The number of aryl methyl sites for hydroxylation is 2. The SMILES string of the molecule is C=c1nc2c(c(=O)[nH]1)=Nc1cc(C)c(C)cc1N2CCN1CCC[C@@H]1C(=O)O. The van der Waals surface area contributed by atoms with E-state index in [1.54, 1.807) is 0 Å². The smallest absolute Gasteiger partial charge is 0.320 e. The minimum Gasteiger partial charge on any atom is -0.480 e. The Kier molecular flexibility index (Phi) is 4.50. The molecule has 0 amide bonds. The van der Waals surface area contributed by atoms with E-state index in [0.29, 0.717) is 25.3 Å². The maximum atomic E-state index is 12.4. The number of rotatable bonds is 4. The van der Waals surface area contributed by atoms with Gasteiger partial charge in [0.1, 0.15) is 11.5 Å². The molecule has 3 heterocycles. The minimum atomic E-state index is -0.784. The molecule has 1 saturated heterocycles. The summed E-state index contributed by atoms with van der Waals surface area (Å²) in [6.45, 7) is 9.63. The number of nitrogens with one attached hydrogen (secondary N) is 1. The lowest BCUT2D eigenvalue weighted by molar-refractivity contribution is -0.142. The summed E-state index contributed by atoms with van der Waals surface area (Å²) >= 11 is 0. The number of carboxylic acids is 1. The number of carbonyl (C=O) groups is 1. The summed E-state index contributed by atoms with van der Waals surface area (Å²) in [6.07, 6.45) is 1.54. The standard InChI is InChI=1S/C20H23N5O3/c1-11-9-14-16(10-12(11)2)25(8-7-24-6-4-5-15(24)20(27)28)18-17(23-14)19(26)22-13(3)21-18/h9-10,15H,3-8H2,1-2H3,(H,22,26)(H,27,28)/t15-/m1/s1. The highest BCUT2D eigenvalue weighted by molar-refractivity contribution is 5.77. The molecule has 0 saturated carbocycles. The van der Waals surface area contributed by atoms with Gasteiger partial charge in [0.15, 0.2) is 11.2 Å². The van der Waals surface area contributed by atoms with Crippen LogP contribution in [0.2, 0.25) is 0 Å². The third kappa shape index (κ3) is 3.09. The molecular formula is C20H23N5O3. The van der Waals surface area contributed by atoms with Crippen LogP contribution in [-0.4, -0.2) is 51.6 Å². The number of hydrogen-bond acceptors (Lipinski definition) is 6. The Hall–Kier alpha value is -3.00. The summed E-state index contributed by atoms with van der Waals surface area (Å²) < 4.78 is 0. The van der Waals surface area contributed by atoms with Gasteiger partial charge in [-0.3, -0.25) is 14.5 Å². The Bertz CT molecular complexity index is 1120. The van der Waals surface area contributed by atoms with Gasteiger partial charge in [-0.15, -0.1) is 0 Å². The molecule has 0 radical (unpaired) electrons. The largest absolute Gasteiger partial charge is 0.480 e. The molecule has 0 aliphatic carbocycles. The number of nitrogens with zero attached hydrogens (tertiary/aromatic N) is 4. The molecule has 8 nitrogen and oxygen atoms in total. The first-order valence-electron chi connectivity index (χ1n) is 9.39. The van der Waals surface area contributed by atoms with E-state index in [-0.39, 0.29) is 16.4 Å². The van der Waals surface area contributed by atoms with Crippen molar-refractivity contribution >= 4 is 29.7 Å². The lowest BCUT2D eigenvalue weighted by Crippen LogP contribution is -2.45. The number of likely N-dealkylation sites (tertiary alicyclic amines) is 1. The number of H-pyrrole nitrogens is 1. The van der Waals surface area contributed by atoms with Crippen LogP contribution in [-0.2, 0) is 4.79 Å². The highest BCUT2D eigenvalue weighted by Crippen LogP contribution is 2.36. The molecule has 1 aromatic heterocycles. The van der Waals surface area contributed by atoms with Crippen LogP contribution in [0.1, 0.15) is 24.0 Å². The second-order valence-electron chi connectivity index (χ2n) is 7.41. The fourth-order valence-corrected chi connectivity index (χ4v) is 3.94. The second-order valence-corrected chi connectivity index (χ2v) is 7.41. The van der Waals surface area contributed by atoms with Crippen molar-refractivity contribution in [2.45, 2.75) is 32.7 Å². The van der Waals surface area contributed by atoms with E-state index in [0.717, 1.165) is 35.5 Å². The van der Waals surface area contributed by atoms with Gasteiger partial charge in [0.05, 0.1) is 11.4 Å². The van der Waals surface area contributed by atoms with E-state index in [4.69, 9.17) is 0 Å². The molecular weight excluding hydrogens is 358 g/mol. The molecule has 0 bridgehead atoms. The topological polar surface area (TPSA) is 102 Å². The third-order valence-electron chi connectivity index (χ3n) is 5.55. The molecule has 0 unspecified atom stereocenters. The molecule has 0 spiro atoms. The van der Waals surface area contributed by atoms with Crippen molar-refractivity contribution in [3.05, 3.63) is 44.5 Å². The number of aromatic amines is 1. The highest BCUT2D eigenvalue weighted by Gasteiger charge is 2.31. The van der Waals surface area contributed by atoms with Gasteiger partial charge in [-0.05, 0) is 56.5 Å². The summed E-state index contributed by atoms with van der Waals surface area (Å²) in [5, 5.41) is 9.70. The Morgan fingerprint density at radius 3 is 2.82 bits per heavy atom. The fourth-order valence-electron chi connectivity index (χ4n) is 3.94. The van der Waals surface area contributed by atoms with Crippen molar-refractivity contribution in [2.24, 2.45) is 4.99 Å². The zero-order valence-electron chi connectivity index (χ0n) is 16.0.